The maximum Gasteiger partial charge on any atom is 0.409 e. The molecule has 8 nitrogen and oxygen atoms in total. The quantitative estimate of drug-likeness (QED) is 0.486. The molecule has 3 amide bonds. The van der Waals surface area contributed by atoms with Crippen LogP contribution < -0.4 is 10.6 Å². The maximum atomic E-state index is 11.9. The summed E-state index contributed by atoms with van der Waals surface area (Å²) in [5.74, 6) is -0.164. The Balaban J connectivity index is 2.04. The molecule has 1 aliphatic rings. The summed E-state index contributed by atoms with van der Waals surface area (Å²) >= 11 is 0. The number of hydrogen-bond acceptors (Lipinski definition) is 5. The molecule has 0 atom stereocenters. The molecule has 25 heavy (non-hydrogen) atoms. The molecule has 0 aromatic rings. The number of nitrogens with zero attached hydrogens (tertiary/aromatic N) is 1. The summed E-state index contributed by atoms with van der Waals surface area (Å²) in [7, 11) is 0. The summed E-state index contributed by atoms with van der Waals surface area (Å²) in [6, 6.07) is -0.102. The molecule has 0 aromatic carbocycles. The Hall–Kier alpha value is -1.99. The van der Waals surface area contributed by atoms with Crippen LogP contribution in [0.2, 0.25) is 0 Å². The van der Waals surface area contributed by atoms with E-state index in [-0.39, 0.29) is 24.1 Å². The van der Waals surface area contributed by atoms with E-state index in [0.717, 1.165) is 32.1 Å². The van der Waals surface area contributed by atoms with Crippen LogP contribution in [0.3, 0.4) is 0 Å². The number of esters is 1. The second-order valence-corrected chi connectivity index (χ2v) is 5.98. The fourth-order valence-corrected chi connectivity index (χ4v) is 2.66. The van der Waals surface area contributed by atoms with Crippen LogP contribution in [-0.4, -0.2) is 61.9 Å². The third-order valence-corrected chi connectivity index (χ3v) is 4.00. The molecule has 0 aromatic heterocycles. The molecule has 1 aliphatic heterocycles. The lowest BCUT2D eigenvalue weighted by molar-refractivity contribution is -0.143. The number of amides is 3. The van der Waals surface area contributed by atoms with Crippen molar-refractivity contribution in [3.63, 3.8) is 0 Å². The minimum absolute atomic E-state index is 0.0782. The van der Waals surface area contributed by atoms with Gasteiger partial charge in [0.1, 0.15) is 0 Å². The van der Waals surface area contributed by atoms with E-state index >= 15 is 0 Å². The highest BCUT2D eigenvalue weighted by Gasteiger charge is 2.24. The van der Waals surface area contributed by atoms with Crippen molar-refractivity contribution in [1.82, 2.24) is 15.5 Å². The number of urea groups is 1. The Kier molecular flexibility index (Phi) is 10.4. The summed E-state index contributed by atoms with van der Waals surface area (Å²) in [4.78, 5) is 36.3. The summed E-state index contributed by atoms with van der Waals surface area (Å²) in [5, 5.41) is 5.76. The number of hydrogen-bond donors (Lipinski definition) is 2. The van der Waals surface area contributed by atoms with Crippen molar-refractivity contribution in [3.05, 3.63) is 0 Å². The molecule has 1 fully saturated rings. The molecule has 0 saturated carbocycles. The van der Waals surface area contributed by atoms with Crippen molar-refractivity contribution in [2.45, 2.75) is 58.4 Å². The van der Waals surface area contributed by atoms with Crippen LogP contribution in [-0.2, 0) is 14.3 Å². The molecule has 0 aliphatic carbocycles. The Morgan fingerprint density at radius 3 is 2.32 bits per heavy atom. The number of rotatable bonds is 9. The summed E-state index contributed by atoms with van der Waals surface area (Å²) in [6.07, 6.45) is 4.07. The third kappa shape index (κ3) is 9.16. The number of unbranched alkanes of at least 4 members (excludes halogenated alkanes) is 2. The highest BCUT2D eigenvalue weighted by molar-refractivity contribution is 5.74. The first-order valence-electron chi connectivity index (χ1n) is 9.18. The predicted octanol–water partition coefficient (Wildman–Crippen LogP) is 2.03. The fraction of sp³-hybridized carbons (Fsp3) is 0.824. The molecular weight excluding hydrogens is 326 g/mol. The zero-order valence-corrected chi connectivity index (χ0v) is 15.3. The van der Waals surface area contributed by atoms with Crippen molar-refractivity contribution >= 4 is 18.1 Å². The molecule has 2 N–H and O–H groups in total. The predicted molar refractivity (Wildman–Crippen MR) is 93.3 cm³/mol. The first-order chi connectivity index (χ1) is 12.1. The number of carbonyl (C=O) groups is 3. The van der Waals surface area contributed by atoms with E-state index in [4.69, 9.17) is 9.47 Å². The minimum Gasteiger partial charge on any atom is -0.466 e. The van der Waals surface area contributed by atoms with Crippen LogP contribution in [0.5, 0.6) is 0 Å². The third-order valence-electron chi connectivity index (χ3n) is 4.00. The number of likely N-dealkylation sites (tertiary alicyclic amines) is 1. The van der Waals surface area contributed by atoms with Gasteiger partial charge in [0.25, 0.3) is 0 Å². The Morgan fingerprint density at radius 1 is 1.00 bits per heavy atom. The first kappa shape index (κ1) is 21.1. The van der Waals surface area contributed by atoms with Gasteiger partial charge in [-0.25, -0.2) is 9.59 Å². The van der Waals surface area contributed by atoms with Crippen molar-refractivity contribution in [2.75, 3.05) is 32.8 Å². The van der Waals surface area contributed by atoms with E-state index in [1.807, 2.05) is 0 Å². The van der Waals surface area contributed by atoms with E-state index in [1.54, 1.807) is 18.7 Å². The van der Waals surface area contributed by atoms with Crippen LogP contribution in [0.4, 0.5) is 9.59 Å². The van der Waals surface area contributed by atoms with E-state index in [1.165, 1.54) is 0 Å². The van der Waals surface area contributed by atoms with Gasteiger partial charge in [-0.05, 0) is 39.5 Å². The second kappa shape index (κ2) is 12.4. The monoisotopic (exact) mass is 357 g/mol. The number of piperidine rings is 1. The normalized spacial score (nSPS) is 14.7. The molecule has 144 valence electrons. The van der Waals surface area contributed by atoms with Gasteiger partial charge in [0, 0.05) is 32.1 Å². The Labute approximate surface area is 149 Å². The Bertz CT molecular complexity index is 423. The minimum atomic E-state index is -0.284. The van der Waals surface area contributed by atoms with E-state index in [9.17, 15) is 14.4 Å². The van der Waals surface area contributed by atoms with Gasteiger partial charge in [0.05, 0.1) is 13.2 Å². The van der Waals surface area contributed by atoms with Gasteiger partial charge >= 0.3 is 18.1 Å². The van der Waals surface area contributed by atoms with Gasteiger partial charge in [-0.2, -0.15) is 0 Å². The van der Waals surface area contributed by atoms with Gasteiger partial charge < -0.3 is 25.0 Å². The van der Waals surface area contributed by atoms with Crippen LogP contribution in [0.25, 0.3) is 0 Å². The van der Waals surface area contributed by atoms with Gasteiger partial charge in [0.15, 0.2) is 0 Å². The van der Waals surface area contributed by atoms with Gasteiger partial charge in [-0.3, -0.25) is 4.79 Å². The zero-order valence-electron chi connectivity index (χ0n) is 15.3. The van der Waals surface area contributed by atoms with Crippen molar-refractivity contribution in [3.8, 4) is 0 Å². The van der Waals surface area contributed by atoms with Crippen molar-refractivity contribution < 1.29 is 23.9 Å². The highest BCUT2D eigenvalue weighted by atomic mass is 16.6. The van der Waals surface area contributed by atoms with Gasteiger partial charge in [-0.15, -0.1) is 0 Å². The van der Waals surface area contributed by atoms with Crippen molar-refractivity contribution in [1.29, 1.82) is 0 Å². The molecule has 0 spiro atoms. The molecule has 8 heteroatoms. The summed E-state index contributed by atoms with van der Waals surface area (Å²) in [6.45, 7) is 6.14. The molecule has 1 rings (SSSR count). The Morgan fingerprint density at radius 2 is 1.68 bits per heavy atom. The van der Waals surface area contributed by atoms with E-state index in [0.29, 0.717) is 39.3 Å². The average Bonchev–Trinajstić information content (AvgIpc) is 2.59. The van der Waals surface area contributed by atoms with Gasteiger partial charge in [-0.1, -0.05) is 6.42 Å². The average molecular weight is 357 g/mol. The lowest BCUT2D eigenvalue weighted by Gasteiger charge is -2.31. The zero-order chi connectivity index (χ0) is 18.5. The maximum absolute atomic E-state index is 11.9. The SMILES string of the molecule is CCOC(=O)CCCCCNC(=O)NC1CCN(C(=O)OCC)CC1. The standard InChI is InChI=1S/C17H31N3O5/c1-3-24-15(21)8-6-5-7-11-18-16(22)19-14-9-12-20(13-10-14)17(23)25-4-2/h14H,3-13H2,1-2H3,(H2,18,19,22). The lowest BCUT2D eigenvalue weighted by atomic mass is 10.1. The number of carbonyl (C=O) groups excluding carboxylic acids is 3. The number of ether oxygens (including phenoxy) is 2. The van der Waals surface area contributed by atoms with Crippen LogP contribution in [0.1, 0.15) is 52.4 Å². The molecular formula is C17H31N3O5. The van der Waals surface area contributed by atoms with Crippen LogP contribution in [0.15, 0.2) is 0 Å². The van der Waals surface area contributed by atoms with Crippen molar-refractivity contribution in [2.24, 2.45) is 0 Å². The van der Waals surface area contributed by atoms with Gasteiger partial charge in [0.2, 0.25) is 0 Å². The molecule has 1 heterocycles. The molecule has 1 saturated heterocycles. The molecule has 0 unspecified atom stereocenters. The first-order valence-corrected chi connectivity index (χ1v) is 9.18. The summed E-state index contributed by atoms with van der Waals surface area (Å²) in [5.41, 5.74) is 0. The van der Waals surface area contributed by atoms with E-state index in [2.05, 4.69) is 10.6 Å². The smallest absolute Gasteiger partial charge is 0.409 e. The lowest BCUT2D eigenvalue weighted by Crippen LogP contribution is -2.49. The summed E-state index contributed by atoms with van der Waals surface area (Å²) < 4.78 is 9.83. The topological polar surface area (TPSA) is 97.0 Å². The highest BCUT2D eigenvalue weighted by Crippen LogP contribution is 2.11. The van der Waals surface area contributed by atoms with Crippen LogP contribution in [0, 0.1) is 0 Å². The molecule has 0 bridgehead atoms. The second-order valence-electron chi connectivity index (χ2n) is 5.98. The fourth-order valence-electron chi connectivity index (χ4n) is 2.66. The number of nitrogens with one attached hydrogen (secondary N) is 2. The largest absolute Gasteiger partial charge is 0.466 e. The van der Waals surface area contributed by atoms with E-state index < -0.39 is 0 Å². The van der Waals surface area contributed by atoms with Crippen LogP contribution >= 0.6 is 0 Å². The molecule has 0 radical (unpaired) electrons.